The van der Waals surface area contributed by atoms with Crippen LogP contribution in [0.25, 0.3) is 33.2 Å². The molecule has 0 unspecified atom stereocenters. The smallest absolute Gasteiger partial charge is 0.143 e. The van der Waals surface area contributed by atoms with Gasteiger partial charge in [-0.1, -0.05) is 18.2 Å². The van der Waals surface area contributed by atoms with Gasteiger partial charge >= 0.3 is 0 Å². The first-order valence-corrected chi connectivity index (χ1v) is 6.09. The number of aromatic nitrogens is 4. The molecule has 6 heteroatoms. The number of fused-ring (bicyclic) bond motifs is 2. The van der Waals surface area contributed by atoms with Crippen LogP contribution in [0.5, 0.6) is 0 Å². The Labute approximate surface area is 105 Å². The molecule has 2 heterocycles. The summed E-state index contributed by atoms with van der Waals surface area (Å²) in [5.74, 6) is 0. The molecular weight excluding hydrogens is 248 g/mol. The van der Waals surface area contributed by atoms with E-state index in [1.807, 2.05) is 36.4 Å². The largest absolute Gasteiger partial charge is 0.243 e. The van der Waals surface area contributed by atoms with Crippen molar-refractivity contribution >= 4 is 33.8 Å². The van der Waals surface area contributed by atoms with Crippen LogP contribution >= 0.6 is 11.7 Å². The summed E-state index contributed by atoms with van der Waals surface area (Å²) in [5.41, 5.74) is 5.35. The third kappa shape index (κ3) is 1.32. The lowest BCUT2D eigenvalue weighted by Gasteiger charge is -2.00. The first kappa shape index (κ1) is 9.67. The monoisotopic (exact) mass is 254 g/mol. The lowest BCUT2D eigenvalue weighted by molar-refractivity contribution is 0.315. The molecule has 5 nitrogen and oxygen atoms in total. The van der Waals surface area contributed by atoms with Gasteiger partial charge in [-0.3, -0.25) is 0 Å². The van der Waals surface area contributed by atoms with Crippen molar-refractivity contribution < 1.29 is 4.63 Å². The summed E-state index contributed by atoms with van der Waals surface area (Å²) >= 11 is 1.22. The summed E-state index contributed by atoms with van der Waals surface area (Å²) in [5, 5.41) is 7.79. The first-order chi connectivity index (χ1) is 8.92. The van der Waals surface area contributed by atoms with Gasteiger partial charge in [0.05, 0.1) is 11.7 Å². The van der Waals surface area contributed by atoms with Crippen molar-refractivity contribution in [3.8, 4) is 11.1 Å². The van der Waals surface area contributed by atoms with E-state index < -0.39 is 0 Å². The Balaban J connectivity index is 2.03. The summed E-state index contributed by atoms with van der Waals surface area (Å²) < 4.78 is 13.2. The van der Waals surface area contributed by atoms with E-state index in [0.717, 1.165) is 33.2 Å². The van der Waals surface area contributed by atoms with Crippen LogP contribution in [0.15, 0.2) is 41.0 Å². The number of benzene rings is 2. The van der Waals surface area contributed by atoms with Crippen LogP contribution in [-0.4, -0.2) is 19.1 Å². The Kier molecular flexibility index (Phi) is 1.92. The molecule has 4 aromatic rings. The fraction of sp³-hybridized carbons (Fsp3) is 0. The van der Waals surface area contributed by atoms with Gasteiger partial charge in [0.25, 0.3) is 0 Å². The lowest BCUT2D eigenvalue weighted by atomic mass is 10.0. The van der Waals surface area contributed by atoms with E-state index in [1.54, 1.807) is 0 Å². The Morgan fingerprint density at radius 1 is 0.889 bits per heavy atom. The van der Waals surface area contributed by atoms with Crippen LogP contribution in [0, 0.1) is 0 Å². The second-order valence-corrected chi connectivity index (χ2v) is 4.43. The highest BCUT2D eigenvalue weighted by Crippen LogP contribution is 2.28. The number of nitrogens with zero attached hydrogens (tertiary/aromatic N) is 4. The molecule has 0 amide bonds. The third-order valence-electron chi connectivity index (χ3n) is 2.85. The molecule has 4 rings (SSSR count). The molecule has 0 aliphatic heterocycles. The maximum atomic E-state index is 4.77. The molecule has 2 aromatic heterocycles. The van der Waals surface area contributed by atoms with Gasteiger partial charge in [0, 0.05) is 5.56 Å². The molecule has 86 valence electrons. The summed E-state index contributed by atoms with van der Waals surface area (Å²) in [7, 11) is 0. The van der Waals surface area contributed by atoms with Crippen molar-refractivity contribution in [3.05, 3.63) is 36.4 Å². The summed E-state index contributed by atoms with van der Waals surface area (Å²) in [6, 6.07) is 11.8. The third-order valence-corrected chi connectivity index (χ3v) is 3.41. The van der Waals surface area contributed by atoms with Crippen LogP contribution in [0.2, 0.25) is 0 Å². The van der Waals surface area contributed by atoms with E-state index in [-0.39, 0.29) is 0 Å². The summed E-state index contributed by atoms with van der Waals surface area (Å²) in [6.45, 7) is 0. The number of hydrogen-bond donors (Lipinski definition) is 0. The Morgan fingerprint density at radius 3 is 2.83 bits per heavy atom. The van der Waals surface area contributed by atoms with Crippen molar-refractivity contribution in [2.75, 3.05) is 0 Å². The average Bonchev–Trinajstić information content (AvgIpc) is 3.05. The quantitative estimate of drug-likeness (QED) is 0.522. The van der Waals surface area contributed by atoms with Gasteiger partial charge in [0.1, 0.15) is 22.1 Å². The van der Waals surface area contributed by atoms with Crippen molar-refractivity contribution in [2.24, 2.45) is 0 Å². The molecule has 0 saturated heterocycles. The van der Waals surface area contributed by atoms with Crippen molar-refractivity contribution in [1.29, 1.82) is 0 Å². The fourth-order valence-corrected chi connectivity index (χ4v) is 2.51. The van der Waals surface area contributed by atoms with Crippen molar-refractivity contribution in [1.82, 2.24) is 19.1 Å². The molecule has 0 aliphatic carbocycles. The van der Waals surface area contributed by atoms with E-state index in [0.29, 0.717) is 0 Å². The number of hydrogen-bond acceptors (Lipinski definition) is 6. The van der Waals surface area contributed by atoms with Crippen molar-refractivity contribution in [2.45, 2.75) is 0 Å². The molecule has 2 aromatic carbocycles. The minimum atomic E-state index is 0.754. The SMILES string of the molecule is c1cc(-c2ccc3nsnc3c2)c2nonc2c1. The zero-order chi connectivity index (χ0) is 11.9. The van der Waals surface area contributed by atoms with E-state index in [1.165, 1.54) is 11.7 Å². The molecule has 0 radical (unpaired) electrons. The minimum Gasteiger partial charge on any atom is -0.243 e. The fourth-order valence-electron chi connectivity index (χ4n) is 1.99. The normalized spacial score (nSPS) is 11.3. The summed E-state index contributed by atoms with van der Waals surface area (Å²) in [6.07, 6.45) is 0. The van der Waals surface area contributed by atoms with Crippen LogP contribution in [0.4, 0.5) is 0 Å². The molecular formula is C12H6N4OS. The zero-order valence-corrected chi connectivity index (χ0v) is 9.89. The molecule has 0 fully saturated rings. The van der Waals surface area contributed by atoms with Crippen LogP contribution < -0.4 is 0 Å². The van der Waals surface area contributed by atoms with E-state index in [2.05, 4.69) is 19.1 Å². The highest BCUT2D eigenvalue weighted by molar-refractivity contribution is 7.00. The molecule has 0 spiro atoms. The van der Waals surface area contributed by atoms with Gasteiger partial charge in [-0.05, 0) is 34.1 Å². The molecule has 18 heavy (non-hydrogen) atoms. The zero-order valence-electron chi connectivity index (χ0n) is 9.07. The van der Waals surface area contributed by atoms with E-state index >= 15 is 0 Å². The lowest BCUT2D eigenvalue weighted by Crippen LogP contribution is -1.81. The first-order valence-electron chi connectivity index (χ1n) is 5.36. The van der Waals surface area contributed by atoms with Crippen LogP contribution in [0.3, 0.4) is 0 Å². The van der Waals surface area contributed by atoms with Crippen molar-refractivity contribution in [3.63, 3.8) is 0 Å². The molecule has 0 atom stereocenters. The standard InChI is InChI=1S/C12H6N4OS/c1-2-8(12-10(3-1)13-17-14-12)7-4-5-9-11(6-7)16-18-15-9/h1-6H. The minimum absolute atomic E-state index is 0.754. The maximum absolute atomic E-state index is 4.77. The molecule has 0 bridgehead atoms. The second-order valence-electron chi connectivity index (χ2n) is 3.91. The average molecular weight is 254 g/mol. The van der Waals surface area contributed by atoms with Gasteiger partial charge in [0.15, 0.2) is 0 Å². The van der Waals surface area contributed by atoms with Crippen LogP contribution in [0.1, 0.15) is 0 Å². The van der Waals surface area contributed by atoms with Gasteiger partial charge in [-0.15, -0.1) is 0 Å². The second kappa shape index (κ2) is 3.58. The summed E-state index contributed by atoms with van der Waals surface area (Å²) in [4.78, 5) is 0. The van der Waals surface area contributed by atoms with Gasteiger partial charge in [-0.2, -0.15) is 8.75 Å². The van der Waals surface area contributed by atoms with E-state index in [9.17, 15) is 0 Å². The molecule has 0 aliphatic rings. The van der Waals surface area contributed by atoms with E-state index in [4.69, 9.17) is 4.63 Å². The van der Waals surface area contributed by atoms with Crippen LogP contribution in [-0.2, 0) is 0 Å². The Hall–Kier alpha value is -2.34. The van der Waals surface area contributed by atoms with Gasteiger partial charge in [-0.25, -0.2) is 4.63 Å². The number of rotatable bonds is 1. The Bertz CT molecular complexity index is 851. The van der Waals surface area contributed by atoms with Gasteiger partial charge in [0.2, 0.25) is 0 Å². The molecule has 0 saturated carbocycles. The topological polar surface area (TPSA) is 64.7 Å². The maximum Gasteiger partial charge on any atom is 0.143 e. The Morgan fingerprint density at radius 2 is 1.83 bits per heavy atom. The predicted molar refractivity (Wildman–Crippen MR) is 68.2 cm³/mol. The predicted octanol–water partition coefficient (Wildman–Crippen LogP) is 2.89. The van der Waals surface area contributed by atoms with Gasteiger partial charge < -0.3 is 0 Å². The highest BCUT2D eigenvalue weighted by atomic mass is 32.1. The highest BCUT2D eigenvalue weighted by Gasteiger charge is 2.09. The molecule has 0 N–H and O–H groups in total.